The van der Waals surface area contributed by atoms with E-state index in [1.54, 1.807) is 0 Å². The van der Waals surface area contributed by atoms with Crippen molar-refractivity contribution in [2.75, 3.05) is 12.8 Å². The molecule has 1 aromatic carbocycles. The second-order valence-electron chi connectivity index (χ2n) is 4.38. The van der Waals surface area contributed by atoms with E-state index in [-0.39, 0.29) is 10.9 Å². The highest BCUT2D eigenvalue weighted by atomic mass is 19.4. The van der Waals surface area contributed by atoms with Crippen LogP contribution in [0.25, 0.3) is 10.9 Å². The van der Waals surface area contributed by atoms with E-state index in [0.717, 1.165) is 0 Å². The standard InChI is InChI=1S/C13H8F5N3O/c1-22-6-2-3-9-7(4-6)10(20)8(5-19)11(21-9)12(14,15)13(16,17)18/h2-4H,1H3,(H2,20,21)/p+1. The summed E-state index contributed by atoms with van der Waals surface area (Å²) in [6, 6.07) is 5.22. The van der Waals surface area contributed by atoms with E-state index in [4.69, 9.17) is 15.7 Å². The quantitative estimate of drug-likeness (QED) is 0.865. The Hall–Kier alpha value is -2.63. The zero-order chi connectivity index (χ0) is 16.7. The van der Waals surface area contributed by atoms with E-state index in [9.17, 15) is 22.0 Å². The number of alkyl halides is 5. The number of nitrogens with two attached hydrogens (primary N) is 1. The average Bonchev–Trinajstić information content (AvgIpc) is 2.45. The second-order valence-corrected chi connectivity index (χ2v) is 4.38. The zero-order valence-corrected chi connectivity index (χ0v) is 11.1. The first kappa shape index (κ1) is 15.8. The number of benzene rings is 1. The number of pyridine rings is 1. The lowest BCUT2D eigenvalue weighted by Gasteiger charge is -2.17. The van der Waals surface area contributed by atoms with Gasteiger partial charge in [-0.1, -0.05) is 0 Å². The first-order valence-electron chi connectivity index (χ1n) is 5.81. The maximum Gasteiger partial charge on any atom is 0.464 e. The Morgan fingerprint density at radius 3 is 2.36 bits per heavy atom. The number of methoxy groups -OCH3 is 1. The van der Waals surface area contributed by atoms with Crippen LogP contribution < -0.4 is 15.5 Å². The van der Waals surface area contributed by atoms with Crippen LogP contribution in [0.3, 0.4) is 0 Å². The third-order valence-corrected chi connectivity index (χ3v) is 3.08. The molecule has 0 aliphatic heterocycles. The van der Waals surface area contributed by atoms with Crippen molar-refractivity contribution in [1.29, 1.82) is 5.26 Å². The molecule has 0 amide bonds. The number of nitriles is 1. The largest absolute Gasteiger partial charge is 0.497 e. The number of nitrogens with zero attached hydrogens (tertiary/aromatic N) is 1. The molecule has 9 heteroatoms. The van der Waals surface area contributed by atoms with Gasteiger partial charge in [-0.2, -0.15) is 27.2 Å². The number of hydrogen-bond donors (Lipinski definition) is 1. The number of rotatable bonds is 2. The van der Waals surface area contributed by atoms with Gasteiger partial charge in [0.25, 0.3) is 5.69 Å². The zero-order valence-electron chi connectivity index (χ0n) is 11.1. The van der Waals surface area contributed by atoms with E-state index < -0.39 is 29.0 Å². The van der Waals surface area contributed by atoms with E-state index in [1.165, 1.54) is 31.4 Å². The molecule has 0 aliphatic rings. The molecule has 22 heavy (non-hydrogen) atoms. The Morgan fingerprint density at radius 1 is 1.23 bits per heavy atom. The van der Waals surface area contributed by atoms with Crippen LogP contribution in [0, 0.1) is 11.3 Å². The third-order valence-electron chi connectivity index (χ3n) is 3.08. The van der Waals surface area contributed by atoms with Gasteiger partial charge in [0.05, 0.1) is 18.2 Å². The van der Waals surface area contributed by atoms with Crippen molar-refractivity contribution in [3.63, 3.8) is 0 Å². The Labute approximate surface area is 120 Å². The van der Waals surface area contributed by atoms with Gasteiger partial charge in [0.15, 0.2) is 0 Å². The monoisotopic (exact) mass is 318 g/mol. The summed E-state index contributed by atoms with van der Waals surface area (Å²) in [6.45, 7) is 0. The highest BCUT2D eigenvalue weighted by Crippen LogP contribution is 2.44. The molecule has 0 saturated heterocycles. The van der Waals surface area contributed by atoms with Crippen LogP contribution in [0.15, 0.2) is 18.2 Å². The molecular formula is C13H9F5N3O+. The van der Waals surface area contributed by atoms with Crippen LogP contribution in [0.1, 0.15) is 11.3 Å². The van der Waals surface area contributed by atoms with Gasteiger partial charge in [-0.05, 0) is 12.1 Å². The molecule has 0 aliphatic carbocycles. The number of anilines is 1. The van der Waals surface area contributed by atoms with Gasteiger partial charge in [-0.15, -0.1) is 0 Å². The van der Waals surface area contributed by atoms with Gasteiger partial charge < -0.3 is 10.5 Å². The number of hydrogen-bond acceptors (Lipinski definition) is 3. The molecule has 0 radical (unpaired) electrons. The summed E-state index contributed by atoms with van der Waals surface area (Å²) >= 11 is 0. The predicted octanol–water partition coefficient (Wildman–Crippen LogP) is 2.77. The van der Waals surface area contributed by atoms with Crippen LogP contribution in [-0.4, -0.2) is 13.3 Å². The van der Waals surface area contributed by atoms with Crippen LogP contribution in [0.5, 0.6) is 5.75 Å². The minimum absolute atomic E-state index is 0.0729. The molecule has 4 nitrogen and oxygen atoms in total. The predicted molar refractivity (Wildman–Crippen MR) is 66.1 cm³/mol. The highest BCUT2D eigenvalue weighted by Gasteiger charge is 2.64. The number of nitrogen functional groups attached to an aromatic ring is 1. The van der Waals surface area contributed by atoms with Crippen LogP contribution in [0.2, 0.25) is 0 Å². The minimum atomic E-state index is -5.86. The lowest BCUT2D eigenvalue weighted by Crippen LogP contribution is -2.40. The lowest BCUT2D eigenvalue weighted by molar-refractivity contribution is -0.414. The Bertz CT molecular complexity index is 780. The number of aromatic nitrogens is 1. The number of nitrogens with one attached hydrogen (secondary N) is 1. The van der Waals surface area contributed by atoms with Crippen LogP contribution >= 0.6 is 0 Å². The van der Waals surface area contributed by atoms with Crippen molar-refractivity contribution in [3.05, 3.63) is 29.5 Å². The van der Waals surface area contributed by atoms with Crippen molar-refractivity contribution in [3.8, 4) is 11.8 Å². The Morgan fingerprint density at radius 2 is 1.86 bits per heavy atom. The van der Waals surface area contributed by atoms with E-state index in [0.29, 0.717) is 5.75 Å². The Balaban J connectivity index is 2.86. The van der Waals surface area contributed by atoms with Crippen molar-refractivity contribution in [1.82, 2.24) is 0 Å². The molecule has 0 bridgehead atoms. The maximum absolute atomic E-state index is 13.6. The fourth-order valence-corrected chi connectivity index (χ4v) is 1.94. The normalized spacial score (nSPS) is 12.2. The first-order chi connectivity index (χ1) is 10.1. The fourth-order valence-electron chi connectivity index (χ4n) is 1.94. The van der Waals surface area contributed by atoms with Gasteiger partial charge in [0.2, 0.25) is 5.52 Å². The van der Waals surface area contributed by atoms with Crippen molar-refractivity contribution in [2.45, 2.75) is 12.1 Å². The molecule has 0 atom stereocenters. The lowest BCUT2D eigenvalue weighted by atomic mass is 10.0. The molecule has 0 spiro atoms. The summed E-state index contributed by atoms with van der Waals surface area (Å²) in [5.41, 5.74) is 2.50. The van der Waals surface area contributed by atoms with Crippen LogP contribution in [0.4, 0.5) is 27.6 Å². The number of fused-ring (bicyclic) bond motifs is 1. The minimum Gasteiger partial charge on any atom is -0.497 e. The molecule has 0 fully saturated rings. The fraction of sp³-hybridized carbons (Fsp3) is 0.231. The number of H-pyrrole nitrogens is 1. The highest BCUT2D eigenvalue weighted by molar-refractivity contribution is 5.92. The molecule has 1 heterocycles. The maximum atomic E-state index is 13.6. The molecule has 116 valence electrons. The van der Waals surface area contributed by atoms with Crippen LogP contribution in [-0.2, 0) is 5.92 Å². The summed E-state index contributed by atoms with van der Waals surface area (Å²) in [5.74, 6) is -4.92. The van der Waals surface area contributed by atoms with Gasteiger partial charge in [0, 0.05) is 6.07 Å². The SMILES string of the molecule is COc1ccc2[nH+]c(C(F)(F)C(F)(F)F)c(C#N)c(N)c2c1. The van der Waals surface area contributed by atoms with Crippen molar-refractivity contribution in [2.24, 2.45) is 0 Å². The van der Waals surface area contributed by atoms with Crippen molar-refractivity contribution >= 4 is 16.6 Å². The van der Waals surface area contributed by atoms with Crippen molar-refractivity contribution < 1.29 is 31.7 Å². The second kappa shape index (κ2) is 4.98. The molecule has 2 aromatic rings. The topological polar surface area (TPSA) is 73.2 Å². The first-order valence-corrected chi connectivity index (χ1v) is 5.81. The number of ether oxygens (including phenoxy) is 1. The van der Waals surface area contributed by atoms with Gasteiger partial charge in [-0.3, -0.25) is 0 Å². The summed E-state index contributed by atoms with van der Waals surface area (Å²) in [4.78, 5) is 1.96. The average molecular weight is 318 g/mol. The molecule has 1 aromatic heterocycles. The third kappa shape index (κ3) is 2.26. The van der Waals surface area contributed by atoms with Gasteiger partial charge in [-0.25, -0.2) is 4.98 Å². The number of halogens is 5. The number of aromatic amines is 1. The molecule has 3 N–H and O–H groups in total. The molecular weight excluding hydrogens is 309 g/mol. The summed E-state index contributed by atoms with van der Waals surface area (Å²) < 4.78 is 69.7. The smallest absolute Gasteiger partial charge is 0.464 e. The van der Waals surface area contributed by atoms with Gasteiger partial charge >= 0.3 is 12.1 Å². The van der Waals surface area contributed by atoms with Gasteiger partial charge in [0.1, 0.15) is 17.4 Å². The summed E-state index contributed by atoms with van der Waals surface area (Å²) in [6.07, 6.45) is -5.86. The molecule has 2 rings (SSSR count). The summed E-state index contributed by atoms with van der Waals surface area (Å²) in [7, 11) is 1.35. The molecule has 0 unspecified atom stereocenters. The Kier molecular flexibility index (Phi) is 3.56. The van der Waals surface area contributed by atoms with E-state index in [2.05, 4.69) is 0 Å². The van der Waals surface area contributed by atoms with E-state index in [1.807, 2.05) is 4.98 Å². The summed E-state index contributed by atoms with van der Waals surface area (Å²) in [5, 5.41) is 9.04. The van der Waals surface area contributed by atoms with E-state index >= 15 is 0 Å². The molecule has 0 saturated carbocycles.